The Morgan fingerprint density at radius 3 is 2.70 bits per heavy atom. The Morgan fingerprint density at radius 1 is 1.13 bits per heavy atom. The van der Waals surface area contributed by atoms with Crippen molar-refractivity contribution in [2.45, 2.75) is 6.92 Å². The fourth-order valence-corrected chi connectivity index (χ4v) is 2.71. The number of nitrogens with one attached hydrogen (secondary N) is 2. The molecule has 0 saturated carbocycles. The highest BCUT2D eigenvalue weighted by Crippen LogP contribution is 2.30. The number of benzene rings is 2. The number of hydrogen-bond donors (Lipinski definition) is 4. The maximum Gasteiger partial charge on any atom is 0.259 e. The van der Waals surface area contributed by atoms with E-state index in [1.807, 2.05) is 31.2 Å². The van der Waals surface area contributed by atoms with Crippen LogP contribution in [0.3, 0.4) is 0 Å². The zero-order valence-electron chi connectivity index (χ0n) is 12.4. The van der Waals surface area contributed by atoms with Crippen molar-refractivity contribution in [3.05, 3.63) is 54.2 Å². The van der Waals surface area contributed by atoms with E-state index in [1.165, 1.54) is 0 Å². The molecule has 3 aromatic rings. The van der Waals surface area contributed by atoms with E-state index in [2.05, 4.69) is 15.0 Å². The Hall–Kier alpha value is -2.64. The zero-order valence-corrected chi connectivity index (χ0v) is 13.2. The van der Waals surface area contributed by atoms with E-state index in [-0.39, 0.29) is 0 Å². The van der Waals surface area contributed by atoms with Gasteiger partial charge in [-0.25, -0.2) is 9.19 Å². The standard InChI is InChI=1S/C16H16N4O2S/c1-10-5-6-14-13(15(10)17)7-8-18-16(14)19-11-3-2-4-12(9-11)20-23(21)22/h2-9,20H,17H2,1H3,(H,18,19)(H,21,22). The fraction of sp³-hybridized carbons (Fsp3) is 0.0625. The monoisotopic (exact) mass is 328 g/mol. The van der Waals surface area contributed by atoms with Gasteiger partial charge >= 0.3 is 0 Å². The third-order valence-electron chi connectivity index (χ3n) is 3.54. The molecule has 0 amide bonds. The number of pyridine rings is 1. The molecular weight excluding hydrogens is 312 g/mol. The highest BCUT2D eigenvalue weighted by molar-refractivity contribution is 7.80. The molecule has 0 aliphatic carbocycles. The van der Waals surface area contributed by atoms with Gasteiger partial charge in [0, 0.05) is 28.3 Å². The predicted octanol–water partition coefficient (Wildman–Crippen LogP) is 3.42. The van der Waals surface area contributed by atoms with Gasteiger partial charge in [-0.05, 0) is 36.8 Å². The van der Waals surface area contributed by atoms with Crippen LogP contribution in [0.1, 0.15) is 5.56 Å². The molecule has 2 aromatic carbocycles. The summed E-state index contributed by atoms with van der Waals surface area (Å²) >= 11 is -2.11. The molecule has 7 heteroatoms. The number of anilines is 4. The number of nitrogen functional groups attached to an aromatic ring is 1. The first-order valence-corrected chi connectivity index (χ1v) is 8.03. The van der Waals surface area contributed by atoms with E-state index < -0.39 is 11.3 Å². The minimum atomic E-state index is -2.11. The normalized spacial score (nSPS) is 12.1. The Balaban J connectivity index is 1.99. The SMILES string of the molecule is Cc1ccc2c(Nc3cccc(NS(=O)O)c3)nccc2c1N. The van der Waals surface area contributed by atoms with Gasteiger partial charge in [0.05, 0.1) is 5.69 Å². The molecule has 6 nitrogen and oxygen atoms in total. The molecule has 5 N–H and O–H groups in total. The van der Waals surface area contributed by atoms with Crippen molar-refractivity contribution >= 4 is 44.9 Å². The van der Waals surface area contributed by atoms with Gasteiger partial charge in [0.2, 0.25) is 0 Å². The van der Waals surface area contributed by atoms with Gasteiger partial charge in [-0.2, -0.15) is 0 Å². The molecule has 1 aromatic heterocycles. The summed E-state index contributed by atoms with van der Waals surface area (Å²) in [5.74, 6) is 0.677. The lowest BCUT2D eigenvalue weighted by Crippen LogP contribution is -2.02. The molecule has 118 valence electrons. The van der Waals surface area contributed by atoms with Crippen LogP contribution in [0.4, 0.5) is 22.9 Å². The highest BCUT2D eigenvalue weighted by Gasteiger charge is 2.07. The quantitative estimate of drug-likeness (QED) is 0.434. The molecule has 23 heavy (non-hydrogen) atoms. The summed E-state index contributed by atoms with van der Waals surface area (Å²) < 4.78 is 22.2. The van der Waals surface area contributed by atoms with Crippen LogP contribution >= 0.6 is 0 Å². The Morgan fingerprint density at radius 2 is 1.91 bits per heavy atom. The second-order valence-corrected chi connectivity index (χ2v) is 5.81. The van der Waals surface area contributed by atoms with Crippen LogP contribution in [0, 0.1) is 6.92 Å². The second-order valence-electron chi connectivity index (χ2n) is 5.11. The summed E-state index contributed by atoms with van der Waals surface area (Å²) in [5, 5.41) is 5.07. The van der Waals surface area contributed by atoms with Gasteiger partial charge in [0.1, 0.15) is 5.82 Å². The third-order valence-corrected chi connectivity index (χ3v) is 3.95. The lowest BCUT2D eigenvalue weighted by atomic mass is 10.1. The minimum absolute atomic E-state index is 0.534. The van der Waals surface area contributed by atoms with Crippen molar-refractivity contribution in [3.63, 3.8) is 0 Å². The van der Waals surface area contributed by atoms with Crippen LogP contribution in [-0.4, -0.2) is 13.7 Å². The van der Waals surface area contributed by atoms with Crippen molar-refractivity contribution in [2.75, 3.05) is 15.8 Å². The van der Waals surface area contributed by atoms with Crippen LogP contribution in [0.2, 0.25) is 0 Å². The molecule has 0 spiro atoms. The van der Waals surface area contributed by atoms with Gasteiger partial charge < -0.3 is 11.1 Å². The fourth-order valence-electron chi connectivity index (χ4n) is 2.38. The average molecular weight is 328 g/mol. The lowest BCUT2D eigenvalue weighted by molar-refractivity contribution is 0.570. The summed E-state index contributed by atoms with van der Waals surface area (Å²) in [6.07, 6.45) is 1.70. The number of aromatic nitrogens is 1. The predicted molar refractivity (Wildman–Crippen MR) is 95.0 cm³/mol. The van der Waals surface area contributed by atoms with Gasteiger partial charge in [-0.3, -0.25) is 9.27 Å². The Labute approximate surface area is 136 Å². The lowest BCUT2D eigenvalue weighted by Gasteiger charge is -2.12. The van der Waals surface area contributed by atoms with Crippen LogP contribution in [0.25, 0.3) is 10.8 Å². The molecule has 0 aliphatic rings. The van der Waals surface area contributed by atoms with Crippen molar-refractivity contribution in [3.8, 4) is 0 Å². The first-order valence-electron chi connectivity index (χ1n) is 6.93. The van der Waals surface area contributed by atoms with Crippen LogP contribution in [0.15, 0.2) is 48.7 Å². The molecule has 0 aliphatic heterocycles. The number of fused-ring (bicyclic) bond motifs is 1. The molecular formula is C16H16N4O2S. The summed E-state index contributed by atoms with van der Waals surface area (Å²) in [7, 11) is 0. The van der Waals surface area contributed by atoms with Gasteiger partial charge in [0.25, 0.3) is 11.3 Å². The largest absolute Gasteiger partial charge is 0.398 e. The molecule has 1 unspecified atom stereocenters. The van der Waals surface area contributed by atoms with E-state index >= 15 is 0 Å². The molecule has 3 rings (SSSR count). The van der Waals surface area contributed by atoms with Gasteiger partial charge in [-0.1, -0.05) is 18.2 Å². The topological polar surface area (TPSA) is 100 Å². The maximum atomic E-state index is 10.8. The van der Waals surface area contributed by atoms with Crippen LogP contribution in [-0.2, 0) is 11.3 Å². The summed E-state index contributed by atoms with van der Waals surface area (Å²) in [4.78, 5) is 4.37. The molecule has 0 radical (unpaired) electrons. The number of hydrogen-bond acceptors (Lipinski definition) is 4. The van der Waals surface area contributed by atoms with E-state index in [9.17, 15) is 4.21 Å². The Kier molecular flexibility index (Phi) is 4.14. The number of aryl methyl sites for hydroxylation is 1. The Bertz CT molecular complexity index is 898. The molecule has 0 bridgehead atoms. The van der Waals surface area contributed by atoms with Crippen LogP contribution < -0.4 is 15.8 Å². The third kappa shape index (κ3) is 3.25. The van der Waals surface area contributed by atoms with Gasteiger partial charge in [-0.15, -0.1) is 0 Å². The molecule has 0 saturated heterocycles. The van der Waals surface area contributed by atoms with Gasteiger partial charge in [0.15, 0.2) is 0 Å². The van der Waals surface area contributed by atoms with E-state index in [1.54, 1.807) is 24.4 Å². The van der Waals surface area contributed by atoms with Crippen molar-refractivity contribution in [2.24, 2.45) is 0 Å². The van der Waals surface area contributed by atoms with Crippen molar-refractivity contribution in [1.82, 2.24) is 4.98 Å². The molecule has 1 heterocycles. The number of nitrogens with two attached hydrogens (primary N) is 1. The molecule has 0 fully saturated rings. The minimum Gasteiger partial charge on any atom is -0.398 e. The van der Waals surface area contributed by atoms with E-state index in [4.69, 9.17) is 10.3 Å². The van der Waals surface area contributed by atoms with Crippen molar-refractivity contribution < 1.29 is 8.76 Å². The number of rotatable bonds is 4. The summed E-state index contributed by atoms with van der Waals surface area (Å²) in [5.41, 5.74) is 9.17. The van der Waals surface area contributed by atoms with E-state index in [0.29, 0.717) is 11.5 Å². The first kappa shape index (κ1) is 15.3. The van der Waals surface area contributed by atoms with E-state index in [0.717, 1.165) is 27.7 Å². The van der Waals surface area contributed by atoms with Crippen molar-refractivity contribution in [1.29, 1.82) is 0 Å². The number of nitrogens with zero attached hydrogens (tertiary/aromatic N) is 1. The summed E-state index contributed by atoms with van der Waals surface area (Å²) in [6, 6.07) is 12.9. The maximum absolute atomic E-state index is 10.8. The van der Waals surface area contributed by atoms with Crippen LogP contribution in [0.5, 0.6) is 0 Å². The summed E-state index contributed by atoms with van der Waals surface area (Å²) in [6.45, 7) is 1.96. The highest BCUT2D eigenvalue weighted by atomic mass is 32.2. The first-order chi connectivity index (χ1) is 11.0. The second kappa shape index (κ2) is 6.23. The smallest absolute Gasteiger partial charge is 0.259 e. The molecule has 1 atom stereocenters. The average Bonchev–Trinajstić information content (AvgIpc) is 2.51. The zero-order chi connectivity index (χ0) is 16.4.